The molecule has 1 unspecified atom stereocenters. The number of nitrogens with zero attached hydrogens (tertiary/aromatic N) is 1. The number of nitrogens with one attached hydrogen (secondary N) is 2. The molecule has 2 rings (SSSR count). The zero-order chi connectivity index (χ0) is 14.0. The van der Waals surface area contributed by atoms with Crippen LogP contribution < -0.4 is 10.6 Å². The van der Waals surface area contributed by atoms with Gasteiger partial charge in [-0.15, -0.1) is 12.4 Å². The van der Waals surface area contributed by atoms with E-state index in [1.54, 1.807) is 25.3 Å². The molecule has 1 aromatic rings. The van der Waals surface area contributed by atoms with E-state index < -0.39 is 5.41 Å². The molecule has 3 amide bonds. The topological polar surface area (TPSA) is 88.2 Å². The molecule has 1 aromatic heterocycles. The predicted octanol–water partition coefficient (Wildman–Crippen LogP) is 1.16. The summed E-state index contributed by atoms with van der Waals surface area (Å²) in [6.45, 7) is 3.18. The van der Waals surface area contributed by atoms with Gasteiger partial charge in [0.2, 0.25) is 17.7 Å². The lowest BCUT2D eigenvalue weighted by atomic mass is 9.76. The number of carbonyl (C=O) groups excluding carboxylic acids is 3. The average molecular weight is 298 g/mol. The molecule has 0 aromatic carbocycles. The summed E-state index contributed by atoms with van der Waals surface area (Å²) in [6, 6.07) is 3.39. The molecule has 1 atom stereocenters. The zero-order valence-corrected chi connectivity index (χ0v) is 12.0. The number of rotatable bonds is 2. The van der Waals surface area contributed by atoms with Crippen molar-refractivity contribution in [1.82, 2.24) is 10.3 Å². The highest BCUT2D eigenvalue weighted by Crippen LogP contribution is 2.31. The first kappa shape index (κ1) is 16.1. The van der Waals surface area contributed by atoms with E-state index in [1.165, 1.54) is 6.92 Å². The Balaban J connectivity index is 0.00000200. The zero-order valence-electron chi connectivity index (χ0n) is 11.2. The van der Waals surface area contributed by atoms with Crippen molar-refractivity contribution in [2.45, 2.75) is 32.1 Å². The molecule has 2 N–H and O–H groups in total. The molecule has 6 nitrogen and oxygen atoms in total. The molecule has 0 aliphatic carbocycles. The number of carbonyl (C=O) groups is 3. The van der Waals surface area contributed by atoms with Gasteiger partial charge >= 0.3 is 0 Å². The van der Waals surface area contributed by atoms with Crippen molar-refractivity contribution in [2.24, 2.45) is 0 Å². The van der Waals surface area contributed by atoms with Crippen molar-refractivity contribution < 1.29 is 14.4 Å². The number of hydrogen-bond acceptors (Lipinski definition) is 4. The summed E-state index contributed by atoms with van der Waals surface area (Å²) in [7, 11) is 0. The second-order valence-corrected chi connectivity index (χ2v) is 4.82. The minimum Gasteiger partial charge on any atom is -0.311 e. The van der Waals surface area contributed by atoms with Crippen LogP contribution in [-0.4, -0.2) is 22.7 Å². The Morgan fingerprint density at radius 1 is 1.40 bits per heavy atom. The Bertz CT molecular complexity index is 544. The Morgan fingerprint density at radius 2 is 2.10 bits per heavy atom. The van der Waals surface area contributed by atoms with Crippen LogP contribution in [0.2, 0.25) is 0 Å². The maximum Gasteiger partial charge on any atom is 0.236 e. The third-order valence-electron chi connectivity index (χ3n) is 3.31. The minimum absolute atomic E-state index is 0. The number of anilines is 1. The van der Waals surface area contributed by atoms with Crippen molar-refractivity contribution in [3.05, 3.63) is 23.9 Å². The van der Waals surface area contributed by atoms with Gasteiger partial charge in [0.1, 0.15) is 5.82 Å². The summed E-state index contributed by atoms with van der Waals surface area (Å²) in [5.74, 6) is -0.317. The summed E-state index contributed by atoms with van der Waals surface area (Å²) < 4.78 is 0. The molecular formula is C13H16ClN3O3. The minimum atomic E-state index is -0.754. The van der Waals surface area contributed by atoms with Crippen LogP contribution in [0.3, 0.4) is 0 Å². The summed E-state index contributed by atoms with van der Waals surface area (Å²) in [6.07, 6.45) is 2.33. The van der Waals surface area contributed by atoms with Crippen LogP contribution in [0, 0.1) is 0 Å². The number of pyridine rings is 1. The highest BCUT2D eigenvalue weighted by molar-refractivity contribution is 6.03. The van der Waals surface area contributed by atoms with Crippen LogP contribution in [0.1, 0.15) is 32.3 Å². The second-order valence-electron chi connectivity index (χ2n) is 4.82. The number of hydrogen-bond donors (Lipinski definition) is 2. The van der Waals surface area contributed by atoms with Crippen molar-refractivity contribution in [3.8, 4) is 0 Å². The number of halogens is 1. The SMILES string of the molecule is CC(=O)Nc1ccc(C2(C)CCC(=O)NC2=O)cn1.Cl. The summed E-state index contributed by atoms with van der Waals surface area (Å²) in [4.78, 5) is 38.1. The lowest BCUT2D eigenvalue weighted by Crippen LogP contribution is -2.49. The standard InChI is InChI=1S/C13H15N3O3.ClH/c1-8(17)15-10-4-3-9(7-14-10)13(2)6-5-11(18)16-12(13)19;/h3-4,7H,5-6H2,1-2H3,(H,14,15,17)(H,16,18,19);1H. The van der Waals surface area contributed by atoms with Gasteiger partial charge in [0.15, 0.2) is 0 Å². The molecule has 0 spiro atoms. The van der Waals surface area contributed by atoms with Crippen molar-refractivity contribution in [3.63, 3.8) is 0 Å². The summed E-state index contributed by atoms with van der Waals surface area (Å²) in [5.41, 5.74) is -0.0260. The molecule has 1 aliphatic heterocycles. The Hall–Kier alpha value is -1.95. The van der Waals surface area contributed by atoms with E-state index >= 15 is 0 Å². The number of aromatic nitrogens is 1. The fourth-order valence-electron chi connectivity index (χ4n) is 2.05. The highest BCUT2D eigenvalue weighted by Gasteiger charge is 2.40. The van der Waals surface area contributed by atoms with Crippen LogP contribution in [-0.2, 0) is 19.8 Å². The van der Waals surface area contributed by atoms with Crippen LogP contribution in [0.5, 0.6) is 0 Å². The van der Waals surface area contributed by atoms with E-state index in [-0.39, 0.29) is 30.1 Å². The maximum absolute atomic E-state index is 12.0. The first-order valence-electron chi connectivity index (χ1n) is 6.00. The van der Waals surface area contributed by atoms with Gasteiger partial charge in [-0.1, -0.05) is 6.07 Å². The molecule has 0 saturated carbocycles. The first-order chi connectivity index (χ1) is 8.91. The highest BCUT2D eigenvalue weighted by atomic mass is 35.5. The van der Waals surface area contributed by atoms with Crippen LogP contribution in [0.4, 0.5) is 5.82 Å². The third kappa shape index (κ3) is 3.14. The van der Waals surface area contributed by atoms with Crippen LogP contribution >= 0.6 is 12.4 Å². The van der Waals surface area contributed by atoms with Gasteiger partial charge < -0.3 is 5.32 Å². The Labute approximate surface area is 122 Å². The molecule has 0 radical (unpaired) electrons. The monoisotopic (exact) mass is 297 g/mol. The normalized spacial score (nSPS) is 21.7. The molecule has 0 bridgehead atoms. The first-order valence-corrected chi connectivity index (χ1v) is 6.00. The van der Waals surface area contributed by atoms with Gasteiger partial charge in [0.25, 0.3) is 0 Å². The largest absolute Gasteiger partial charge is 0.311 e. The van der Waals surface area contributed by atoms with Gasteiger partial charge in [-0.25, -0.2) is 4.98 Å². The number of imide groups is 1. The molecule has 1 saturated heterocycles. The number of amides is 3. The number of piperidine rings is 1. The van der Waals surface area contributed by atoms with Gasteiger partial charge in [0, 0.05) is 19.5 Å². The van der Waals surface area contributed by atoms with E-state index in [4.69, 9.17) is 0 Å². The third-order valence-corrected chi connectivity index (χ3v) is 3.31. The molecule has 7 heteroatoms. The molecular weight excluding hydrogens is 282 g/mol. The van der Waals surface area contributed by atoms with Crippen molar-refractivity contribution in [2.75, 3.05) is 5.32 Å². The van der Waals surface area contributed by atoms with Crippen LogP contribution in [0.25, 0.3) is 0 Å². The van der Waals surface area contributed by atoms with E-state index in [0.717, 1.165) is 5.56 Å². The maximum atomic E-state index is 12.0. The quantitative estimate of drug-likeness (QED) is 0.802. The molecule has 1 fully saturated rings. The Kier molecular flexibility index (Phi) is 4.83. The van der Waals surface area contributed by atoms with Crippen molar-refractivity contribution >= 4 is 35.9 Å². The Morgan fingerprint density at radius 3 is 2.60 bits per heavy atom. The van der Waals surface area contributed by atoms with E-state index in [1.807, 2.05) is 0 Å². The van der Waals surface area contributed by atoms with E-state index in [2.05, 4.69) is 15.6 Å². The molecule has 20 heavy (non-hydrogen) atoms. The molecule has 2 heterocycles. The van der Waals surface area contributed by atoms with Gasteiger partial charge in [0.05, 0.1) is 5.41 Å². The lowest BCUT2D eigenvalue weighted by molar-refractivity contribution is -0.137. The van der Waals surface area contributed by atoms with Gasteiger partial charge in [-0.3, -0.25) is 19.7 Å². The van der Waals surface area contributed by atoms with E-state index in [0.29, 0.717) is 18.7 Å². The average Bonchev–Trinajstić information content (AvgIpc) is 2.34. The van der Waals surface area contributed by atoms with Crippen molar-refractivity contribution in [1.29, 1.82) is 0 Å². The van der Waals surface area contributed by atoms with Gasteiger partial charge in [-0.05, 0) is 25.0 Å². The smallest absolute Gasteiger partial charge is 0.236 e. The van der Waals surface area contributed by atoms with Gasteiger partial charge in [-0.2, -0.15) is 0 Å². The summed E-state index contributed by atoms with van der Waals surface area (Å²) >= 11 is 0. The van der Waals surface area contributed by atoms with E-state index in [9.17, 15) is 14.4 Å². The fourth-order valence-corrected chi connectivity index (χ4v) is 2.05. The lowest BCUT2D eigenvalue weighted by Gasteiger charge is -2.31. The summed E-state index contributed by atoms with van der Waals surface area (Å²) in [5, 5.41) is 4.90. The fraction of sp³-hybridized carbons (Fsp3) is 0.385. The van der Waals surface area contributed by atoms with Crippen LogP contribution in [0.15, 0.2) is 18.3 Å². The molecule has 108 valence electrons. The molecule has 1 aliphatic rings. The predicted molar refractivity (Wildman–Crippen MR) is 75.5 cm³/mol. The second kappa shape index (κ2) is 6.00.